The molecule has 3 rings (SSSR count). The number of nitrogens with one attached hydrogen (secondary N) is 1. The molecule has 2 amide bonds. The average molecular weight is 356 g/mol. The molecule has 132 valence electrons. The molecule has 25 heavy (non-hydrogen) atoms. The van der Waals surface area contributed by atoms with Gasteiger partial charge in [0.15, 0.2) is 0 Å². The van der Waals surface area contributed by atoms with Gasteiger partial charge >= 0.3 is 0 Å². The van der Waals surface area contributed by atoms with Gasteiger partial charge in [-0.25, -0.2) is 0 Å². The van der Waals surface area contributed by atoms with Crippen molar-refractivity contribution in [3.05, 3.63) is 57.8 Å². The summed E-state index contributed by atoms with van der Waals surface area (Å²) in [4.78, 5) is 27.8. The summed E-state index contributed by atoms with van der Waals surface area (Å²) in [5, 5.41) is 4.99. The molecule has 2 atom stereocenters. The number of amides is 2. The standard InChI is InChI=1S/C20H24N2O2S/c1-14-7-9-16(10-8-14)17(21-15(2)23)13-20(24)22-11-3-5-18(22)19-6-4-12-25-19/h4,6-10,12,17-18H,3,5,11,13H2,1-2H3,(H,21,23). The molecule has 1 N–H and O–H groups in total. The third-order valence-corrected chi connectivity index (χ3v) is 5.65. The number of benzene rings is 1. The number of hydrogen-bond donors (Lipinski definition) is 1. The van der Waals surface area contributed by atoms with Crippen LogP contribution in [0, 0.1) is 6.92 Å². The zero-order chi connectivity index (χ0) is 17.8. The van der Waals surface area contributed by atoms with Gasteiger partial charge in [0.1, 0.15) is 0 Å². The highest BCUT2D eigenvalue weighted by Crippen LogP contribution is 2.35. The highest BCUT2D eigenvalue weighted by molar-refractivity contribution is 7.10. The van der Waals surface area contributed by atoms with Crippen molar-refractivity contribution in [2.75, 3.05) is 6.54 Å². The van der Waals surface area contributed by atoms with Gasteiger partial charge in [-0.1, -0.05) is 35.9 Å². The van der Waals surface area contributed by atoms with Crippen molar-refractivity contribution in [1.29, 1.82) is 0 Å². The van der Waals surface area contributed by atoms with E-state index in [1.807, 2.05) is 42.2 Å². The Morgan fingerprint density at radius 3 is 2.68 bits per heavy atom. The Labute approximate surface area is 152 Å². The quantitative estimate of drug-likeness (QED) is 0.881. The number of likely N-dealkylation sites (tertiary alicyclic amines) is 1. The first-order valence-electron chi connectivity index (χ1n) is 8.71. The minimum absolute atomic E-state index is 0.107. The number of thiophene rings is 1. The summed E-state index contributed by atoms with van der Waals surface area (Å²) >= 11 is 1.71. The molecule has 1 aromatic carbocycles. The lowest BCUT2D eigenvalue weighted by Crippen LogP contribution is -2.35. The van der Waals surface area contributed by atoms with Crippen LogP contribution >= 0.6 is 11.3 Å². The van der Waals surface area contributed by atoms with Gasteiger partial charge in [0, 0.05) is 18.3 Å². The second-order valence-corrected chi connectivity index (χ2v) is 7.61. The molecular formula is C20H24N2O2S. The number of nitrogens with zero attached hydrogens (tertiary/aromatic N) is 1. The lowest BCUT2D eigenvalue weighted by atomic mass is 10.0. The van der Waals surface area contributed by atoms with E-state index in [4.69, 9.17) is 0 Å². The van der Waals surface area contributed by atoms with E-state index in [2.05, 4.69) is 16.8 Å². The molecule has 0 bridgehead atoms. The van der Waals surface area contributed by atoms with E-state index in [-0.39, 0.29) is 23.9 Å². The Morgan fingerprint density at radius 1 is 1.28 bits per heavy atom. The van der Waals surface area contributed by atoms with Crippen LogP contribution in [0.4, 0.5) is 0 Å². The smallest absolute Gasteiger partial charge is 0.225 e. The van der Waals surface area contributed by atoms with Gasteiger partial charge in [-0.2, -0.15) is 0 Å². The Kier molecular flexibility index (Phi) is 5.53. The molecule has 0 saturated carbocycles. The molecule has 1 saturated heterocycles. The van der Waals surface area contributed by atoms with Crippen LogP contribution in [0.15, 0.2) is 41.8 Å². The first-order valence-corrected chi connectivity index (χ1v) is 9.59. The molecule has 2 heterocycles. The van der Waals surface area contributed by atoms with Crippen molar-refractivity contribution in [1.82, 2.24) is 10.2 Å². The third-order valence-electron chi connectivity index (χ3n) is 4.68. The van der Waals surface area contributed by atoms with Gasteiger partial charge in [-0.05, 0) is 36.8 Å². The van der Waals surface area contributed by atoms with E-state index < -0.39 is 0 Å². The van der Waals surface area contributed by atoms with Gasteiger partial charge in [0.2, 0.25) is 11.8 Å². The van der Waals surface area contributed by atoms with E-state index in [0.29, 0.717) is 6.42 Å². The van der Waals surface area contributed by atoms with Gasteiger partial charge in [-0.15, -0.1) is 11.3 Å². The second kappa shape index (κ2) is 7.83. The highest BCUT2D eigenvalue weighted by atomic mass is 32.1. The molecule has 0 spiro atoms. The first-order chi connectivity index (χ1) is 12.0. The van der Waals surface area contributed by atoms with Crippen LogP contribution in [0.2, 0.25) is 0 Å². The Bertz CT molecular complexity index is 725. The summed E-state index contributed by atoms with van der Waals surface area (Å²) in [5.74, 6) is -0.00942. The van der Waals surface area contributed by atoms with Crippen LogP contribution < -0.4 is 5.32 Å². The van der Waals surface area contributed by atoms with E-state index in [9.17, 15) is 9.59 Å². The Balaban J connectivity index is 1.75. The molecule has 1 fully saturated rings. The summed E-state index contributed by atoms with van der Waals surface area (Å²) in [6.07, 6.45) is 2.34. The van der Waals surface area contributed by atoms with Crippen LogP contribution in [0.1, 0.15) is 54.3 Å². The predicted octanol–water partition coefficient (Wildman–Crippen LogP) is 3.99. The number of aryl methyl sites for hydroxylation is 1. The monoisotopic (exact) mass is 356 g/mol. The molecule has 0 aliphatic carbocycles. The number of hydrogen-bond acceptors (Lipinski definition) is 3. The molecule has 2 aromatic rings. The van der Waals surface area contributed by atoms with E-state index in [1.54, 1.807) is 11.3 Å². The van der Waals surface area contributed by atoms with Crippen molar-refractivity contribution >= 4 is 23.2 Å². The summed E-state index contributed by atoms with van der Waals surface area (Å²) in [7, 11) is 0. The van der Waals surface area contributed by atoms with E-state index in [1.165, 1.54) is 11.8 Å². The SMILES string of the molecule is CC(=O)NC(CC(=O)N1CCCC1c1cccs1)c1ccc(C)cc1. The Morgan fingerprint density at radius 2 is 2.04 bits per heavy atom. The summed E-state index contributed by atoms with van der Waals surface area (Å²) in [6, 6.07) is 12.0. The van der Waals surface area contributed by atoms with E-state index >= 15 is 0 Å². The maximum atomic E-state index is 13.0. The van der Waals surface area contributed by atoms with Crippen LogP contribution in [-0.2, 0) is 9.59 Å². The normalized spacial score (nSPS) is 18.2. The summed E-state index contributed by atoms with van der Waals surface area (Å²) < 4.78 is 0. The van der Waals surface area contributed by atoms with Crippen molar-refractivity contribution in [3.63, 3.8) is 0 Å². The fraction of sp³-hybridized carbons (Fsp3) is 0.400. The highest BCUT2D eigenvalue weighted by Gasteiger charge is 2.32. The van der Waals surface area contributed by atoms with Crippen LogP contribution in [0.3, 0.4) is 0 Å². The fourth-order valence-corrected chi connectivity index (χ4v) is 4.30. The first kappa shape index (κ1) is 17.7. The molecule has 2 unspecified atom stereocenters. The largest absolute Gasteiger partial charge is 0.349 e. The zero-order valence-electron chi connectivity index (χ0n) is 14.7. The van der Waals surface area contributed by atoms with Crippen molar-refractivity contribution in [2.45, 2.75) is 45.2 Å². The minimum atomic E-state index is -0.282. The summed E-state index contributed by atoms with van der Waals surface area (Å²) in [5.41, 5.74) is 2.13. The van der Waals surface area contributed by atoms with Crippen LogP contribution in [0.25, 0.3) is 0 Å². The number of carbonyl (C=O) groups excluding carboxylic acids is 2. The number of carbonyl (C=O) groups is 2. The third kappa shape index (κ3) is 4.28. The molecule has 0 radical (unpaired) electrons. The van der Waals surface area contributed by atoms with E-state index in [0.717, 1.165) is 30.5 Å². The summed E-state index contributed by atoms with van der Waals surface area (Å²) in [6.45, 7) is 4.32. The van der Waals surface area contributed by atoms with Gasteiger partial charge in [-0.3, -0.25) is 9.59 Å². The lowest BCUT2D eigenvalue weighted by molar-refractivity contribution is -0.132. The minimum Gasteiger partial charge on any atom is -0.349 e. The lowest BCUT2D eigenvalue weighted by Gasteiger charge is -2.27. The van der Waals surface area contributed by atoms with Crippen LogP contribution in [-0.4, -0.2) is 23.3 Å². The van der Waals surface area contributed by atoms with Crippen LogP contribution in [0.5, 0.6) is 0 Å². The molecule has 1 aliphatic rings. The van der Waals surface area contributed by atoms with Gasteiger partial charge in [0.25, 0.3) is 0 Å². The maximum Gasteiger partial charge on any atom is 0.225 e. The average Bonchev–Trinajstić information content (AvgIpc) is 3.25. The second-order valence-electron chi connectivity index (χ2n) is 6.63. The fourth-order valence-electron chi connectivity index (χ4n) is 3.43. The molecule has 1 aliphatic heterocycles. The molecule has 5 heteroatoms. The van der Waals surface area contributed by atoms with Gasteiger partial charge < -0.3 is 10.2 Å². The molecule has 4 nitrogen and oxygen atoms in total. The van der Waals surface area contributed by atoms with Crippen molar-refractivity contribution in [2.24, 2.45) is 0 Å². The van der Waals surface area contributed by atoms with Crippen molar-refractivity contribution in [3.8, 4) is 0 Å². The molecular weight excluding hydrogens is 332 g/mol. The topological polar surface area (TPSA) is 49.4 Å². The Hall–Kier alpha value is -2.14. The molecule has 1 aromatic heterocycles. The van der Waals surface area contributed by atoms with Gasteiger partial charge in [0.05, 0.1) is 18.5 Å². The predicted molar refractivity (Wildman–Crippen MR) is 100 cm³/mol. The number of rotatable bonds is 5. The zero-order valence-corrected chi connectivity index (χ0v) is 15.5. The van der Waals surface area contributed by atoms with Crippen molar-refractivity contribution < 1.29 is 9.59 Å². The maximum absolute atomic E-state index is 13.0.